The van der Waals surface area contributed by atoms with E-state index in [1.165, 1.54) is 31.4 Å². The second-order valence-corrected chi connectivity index (χ2v) is 4.86. The maximum atomic E-state index is 13.2. The molecule has 0 unspecified atom stereocenters. The van der Waals surface area contributed by atoms with E-state index in [4.69, 9.17) is 9.84 Å². The van der Waals surface area contributed by atoms with Gasteiger partial charge >= 0.3 is 5.97 Å². The summed E-state index contributed by atoms with van der Waals surface area (Å²) in [5.74, 6) is -2.12. The third kappa shape index (κ3) is 2.94. The number of carboxylic acid groups (broad SMARTS) is 1. The lowest BCUT2D eigenvalue weighted by Crippen LogP contribution is -2.11. The smallest absolute Gasteiger partial charge is 0.345 e. The molecule has 0 aliphatic carbocycles. The molecule has 0 aliphatic rings. The second-order valence-electron chi connectivity index (χ2n) is 3.77. The van der Waals surface area contributed by atoms with Gasteiger partial charge in [-0.2, -0.15) is 0 Å². The number of methoxy groups -OCH3 is 1. The first-order valence-corrected chi connectivity index (χ1v) is 6.31. The van der Waals surface area contributed by atoms with Crippen LogP contribution in [0.2, 0.25) is 0 Å². The number of rotatable bonds is 4. The molecule has 2 N–H and O–H groups in total. The number of benzene rings is 1. The topological polar surface area (TPSA) is 75.6 Å². The van der Waals surface area contributed by atoms with Gasteiger partial charge in [-0.05, 0) is 30.3 Å². The van der Waals surface area contributed by atoms with Gasteiger partial charge in [0.1, 0.15) is 4.88 Å². The maximum Gasteiger partial charge on any atom is 0.345 e. The number of aromatic carboxylic acids is 1. The van der Waals surface area contributed by atoms with Crippen molar-refractivity contribution in [3.05, 3.63) is 46.6 Å². The largest absolute Gasteiger partial charge is 0.494 e. The van der Waals surface area contributed by atoms with Crippen LogP contribution in [-0.2, 0) is 0 Å². The zero-order valence-corrected chi connectivity index (χ0v) is 11.2. The Morgan fingerprint density at radius 2 is 2.05 bits per heavy atom. The van der Waals surface area contributed by atoms with Crippen LogP contribution in [0.25, 0.3) is 0 Å². The minimum atomic E-state index is -1.06. The summed E-state index contributed by atoms with van der Waals surface area (Å²) >= 11 is 0.940. The van der Waals surface area contributed by atoms with Crippen LogP contribution in [0, 0.1) is 5.82 Å². The number of anilines is 1. The fourth-order valence-electron chi connectivity index (χ4n) is 1.51. The summed E-state index contributed by atoms with van der Waals surface area (Å²) in [6.07, 6.45) is 0. The number of amides is 1. The SMILES string of the molecule is COc1cc(C(=O)Nc2ccc(C(=O)O)s2)ccc1F. The number of nitrogens with one attached hydrogen (secondary N) is 1. The Hall–Kier alpha value is -2.41. The normalized spacial score (nSPS) is 10.1. The van der Waals surface area contributed by atoms with Crippen LogP contribution >= 0.6 is 11.3 Å². The molecule has 2 aromatic rings. The van der Waals surface area contributed by atoms with E-state index in [-0.39, 0.29) is 16.2 Å². The fraction of sp³-hybridized carbons (Fsp3) is 0.0769. The van der Waals surface area contributed by atoms with Crippen molar-refractivity contribution in [3.8, 4) is 5.75 Å². The van der Waals surface area contributed by atoms with Crippen molar-refractivity contribution in [3.63, 3.8) is 0 Å². The highest BCUT2D eigenvalue weighted by Gasteiger charge is 2.13. The quantitative estimate of drug-likeness (QED) is 0.909. The monoisotopic (exact) mass is 295 g/mol. The summed E-state index contributed by atoms with van der Waals surface area (Å²) in [5, 5.41) is 11.7. The lowest BCUT2D eigenvalue weighted by Gasteiger charge is -2.05. The van der Waals surface area contributed by atoms with Gasteiger partial charge in [0.25, 0.3) is 5.91 Å². The van der Waals surface area contributed by atoms with Crippen LogP contribution < -0.4 is 10.1 Å². The molecule has 0 saturated heterocycles. The van der Waals surface area contributed by atoms with E-state index < -0.39 is 17.7 Å². The summed E-state index contributed by atoms with van der Waals surface area (Å²) in [4.78, 5) is 22.8. The molecule has 0 saturated carbocycles. The molecule has 0 fully saturated rings. The van der Waals surface area contributed by atoms with Gasteiger partial charge in [-0.3, -0.25) is 4.79 Å². The lowest BCUT2D eigenvalue weighted by molar-refractivity contribution is 0.0702. The van der Waals surface area contributed by atoms with Gasteiger partial charge in [-0.1, -0.05) is 0 Å². The first-order valence-electron chi connectivity index (χ1n) is 5.49. The van der Waals surface area contributed by atoms with Crippen LogP contribution in [0.3, 0.4) is 0 Å². The molecule has 0 aliphatic heterocycles. The molecule has 7 heteroatoms. The Morgan fingerprint density at radius 1 is 1.30 bits per heavy atom. The zero-order chi connectivity index (χ0) is 14.7. The Bertz CT molecular complexity index is 668. The zero-order valence-electron chi connectivity index (χ0n) is 10.3. The number of carboxylic acids is 1. The van der Waals surface area contributed by atoms with Crippen molar-refractivity contribution in [2.75, 3.05) is 12.4 Å². The molecule has 5 nitrogen and oxygen atoms in total. The summed E-state index contributed by atoms with van der Waals surface area (Å²) in [7, 11) is 1.30. The number of hydrogen-bond acceptors (Lipinski definition) is 4. The van der Waals surface area contributed by atoms with Crippen molar-refractivity contribution in [2.45, 2.75) is 0 Å². The van der Waals surface area contributed by atoms with Gasteiger partial charge < -0.3 is 15.2 Å². The molecule has 20 heavy (non-hydrogen) atoms. The Morgan fingerprint density at radius 3 is 2.65 bits per heavy atom. The van der Waals surface area contributed by atoms with Gasteiger partial charge in [0.05, 0.1) is 12.1 Å². The van der Waals surface area contributed by atoms with Crippen molar-refractivity contribution in [1.29, 1.82) is 0 Å². The number of thiophene rings is 1. The molecular formula is C13H10FNO4S. The van der Waals surface area contributed by atoms with E-state index >= 15 is 0 Å². The molecule has 0 radical (unpaired) electrons. The molecule has 0 atom stereocenters. The van der Waals surface area contributed by atoms with E-state index in [2.05, 4.69) is 5.32 Å². The molecule has 104 valence electrons. The van der Waals surface area contributed by atoms with E-state index in [0.29, 0.717) is 5.00 Å². The summed E-state index contributed by atoms with van der Waals surface area (Å²) in [6, 6.07) is 6.61. The Balaban J connectivity index is 2.17. The third-order valence-corrected chi connectivity index (χ3v) is 3.46. The van der Waals surface area contributed by atoms with Crippen molar-refractivity contribution in [1.82, 2.24) is 0 Å². The summed E-state index contributed by atoms with van der Waals surface area (Å²) in [6.45, 7) is 0. The van der Waals surface area contributed by atoms with Gasteiger partial charge in [-0.15, -0.1) is 11.3 Å². The van der Waals surface area contributed by atoms with Crippen LogP contribution in [0.5, 0.6) is 5.75 Å². The first kappa shape index (κ1) is 14.0. The van der Waals surface area contributed by atoms with E-state index in [0.717, 1.165) is 17.4 Å². The highest BCUT2D eigenvalue weighted by Crippen LogP contribution is 2.23. The Kier molecular flexibility index (Phi) is 3.99. The van der Waals surface area contributed by atoms with E-state index in [1.54, 1.807) is 0 Å². The fourth-order valence-corrected chi connectivity index (χ4v) is 2.25. The van der Waals surface area contributed by atoms with E-state index in [9.17, 15) is 14.0 Å². The minimum Gasteiger partial charge on any atom is -0.494 e. The number of halogens is 1. The number of ether oxygens (including phenoxy) is 1. The molecule has 1 aromatic carbocycles. The molecule has 1 heterocycles. The van der Waals surface area contributed by atoms with Crippen LogP contribution in [0.4, 0.5) is 9.39 Å². The highest BCUT2D eigenvalue weighted by atomic mass is 32.1. The molecule has 1 aromatic heterocycles. The number of carbonyl (C=O) groups is 2. The average Bonchev–Trinajstić information content (AvgIpc) is 2.88. The van der Waals surface area contributed by atoms with Crippen molar-refractivity contribution in [2.24, 2.45) is 0 Å². The third-order valence-electron chi connectivity index (χ3n) is 2.47. The average molecular weight is 295 g/mol. The van der Waals surface area contributed by atoms with Gasteiger partial charge in [0.2, 0.25) is 0 Å². The van der Waals surface area contributed by atoms with Gasteiger partial charge in [0.15, 0.2) is 11.6 Å². The van der Waals surface area contributed by atoms with Crippen LogP contribution in [0.15, 0.2) is 30.3 Å². The molecule has 1 amide bonds. The van der Waals surface area contributed by atoms with Crippen molar-refractivity contribution >= 4 is 28.2 Å². The van der Waals surface area contributed by atoms with Crippen LogP contribution in [-0.4, -0.2) is 24.1 Å². The van der Waals surface area contributed by atoms with Gasteiger partial charge in [-0.25, -0.2) is 9.18 Å². The highest BCUT2D eigenvalue weighted by molar-refractivity contribution is 7.18. The molecule has 0 bridgehead atoms. The van der Waals surface area contributed by atoms with Crippen molar-refractivity contribution < 1.29 is 23.8 Å². The second kappa shape index (κ2) is 5.70. The predicted octanol–water partition coefficient (Wildman–Crippen LogP) is 2.85. The molecule has 2 rings (SSSR count). The minimum absolute atomic E-state index is 0.0324. The standard InChI is InChI=1S/C13H10FNO4S/c1-19-9-6-7(2-3-8(9)14)12(16)15-11-5-4-10(20-11)13(17)18/h2-6H,1H3,(H,15,16)(H,17,18). The van der Waals surface area contributed by atoms with Gasteiger partial charge in [0, 0.05) is 5.56 Å². The summed E-state index contributed by atoms with van der Waals surface area (Å²) < 4.78 is 18.0. The Labute approximate surface area is 117 Å². The number of hydrogen-bond donors (Lipinski definition) is 2. The molecular weight excluding hydrogens is 285 g/mol. The van der Waals surface area contributed by atoms with E-state index in [1.807, 2.05) is 0 Å². The first-order chi connectivity index (χ1) is 9.51. The maximum absolute atomic E-state index is 13.2. The van der Waals surface area contributed by atoms with Crippen LogP contribution in [0.1, 0.15) is 20.0 Å². The molecule has 0 spiro atoms. The predicted molar refractivity (Wildman–Crippen MR) is 72.2 cm³/mol. The summed E-state index contributed by atoms with van der Waals surface area (Å²) in [5.41, 5.74) is 0.216. The lowest BCUT2D eigenvalue weighted by atomic mass is 10.2. The number of carbonyl (C=O) groups excluding carboxylic acids is 1.